The molecule has 0 aliphatic carbocycles. The Labute approximate surface area is 397 Å². The molecule has 0 bridgehead atoms. The smallest absolute Gasteiger partial charge is 0.306 e. The fourth-order valence-corrected chi connectivity index (χ4v) is 7.86. The van der Waals surface area contributed by atoms with Gasteiger partial charge in [-0.1, -0.05) is 230 Å². The largest absolute Gasteiger partial charge is 0.462 e. The maximum Gasteiger partial charge on any atom is 0.306 e. The van der Waals surface area contributed by atoms with Crippen LogP contribution in [0.3, 0.4) is 0 Å². The van der Waals surface area contributed by atoms with E-state index in [1.807, 2.05) is 0 Å². The molecule has 0 heterocycles. The molecule has 0 aromatic heterocycles. The molecule has 0 aliphatic heterocycles. The SMILES string of the molecule is CCCCC/C=C\C/C=C\CCCCCCCC(=O)OCC(COC(=O)CCCCCCCCCCCCCCCCCC)OC(=O)CCCCCCC/C=C\C/C=C\CCCCC. The molecule has 6 nitrogen and oxygen atoms in total. The van der Waals surface area contributed by atoms with Crippen molar-refractivity contribution in [3.05, 3.63) is 48.6 Å². The number of unbranched alkanes of at least 4 members (excludes halogenated alkanes) is 31. The Balaban J connectivity index is 4.40. The molecule has 0 amide bonds. The highest BCUT2D eigenvalue weighted by Crippen LogP contribution is 2.16. The summed E-state index contributed by atoms with van der Waals surface area (Å²) in [6, 6.07) is 0. The Morgan fingerprint density at radius 3 is 0.891 bits per heavy atom. The topological polar surface area (TPSA) is 78.9 Å². The first-order valence-electron chi connectivity index (χ1n) is 27.6. The summed E-state index contributed by atoms with van der Waals surface area (Å²) in [5.41, 5.74) is 0. The minimum absolute atomic E-state index is 0.0808. The average molecular weight is 897 g/mol. The number of rotatable bonds is 50. The van der Waals surface area contributed by atoms with Gasteiger partial charge in [0.05, 0.1) is 0 Å². The van der Waals surface area contributed by atoms with Crippen molar-refractivity contribution >= 4 is 17.9 Å². The van der Waals surface area contributed by atoms with Gasteiger partial charge in [-0.2, -0.15) is 0 Å². The van der Waals surface area contributed by atoms with Gasteiger partial charge in [-0.15, -0.1) is 0 Å². The summed E-state index contributed by atoms with van der Waals surface area (Å²) in [6.07, 6.45) is 63.7. The Morgan fingerprint density at radius 1 is 0.312 bits per heavy atom. The summed E-state index contributed by atoms with van der Waals surface area (Å²) in [7, 11) is 0. The lowest BCUT2D eigenvalue weighted by atomic mass is 10.0. The molecule has 0 aromatic rings. The van der Waals surface area contributed by atoms with Gasteiger partial charge in [0.1, 0.15) is 13.2 Å². The number of hydrogen-bond donors (Lipinski definition) is 0. The van der Waals surface area contributed by atoms with E-state index in [0.717, 1.165) is 103 Å². The Kier molecular flexibility index (Phi) is 50.8. The van der Waals surface area contributed by atoms with E-state index < -0.39 is 6.10 Å². The third kappa shape index (κ3) is 50.4. The number of esters is 3. The molecule has 372 valence electrons. The third-order valence-corrected chi connectivity index (χ3v) is 12.1. The lowest BCUT2D eigenvalue weighted by Gasteiger charge is -2.18. The van der Waals surface area contributed by atoms with Gasteiger partial charge in [0, 0.05) is 19.3 Å². The van der Waals surface area contributed by atoms with Crippen LogP contribution in [0.1, 0.15) is 284 Å². The van der Waals surface area contributed by atoms with Crippen LogP contribution in [0, 0.1) is 0 Å². The second kappa shape index (κ2) is 53.0. The lowest BCUT2D eigenvalue weighted by Crippen LogP contribution is -2.30. The number of ether oxygens (including phenoxy) is 3. The monoisotopic (exact) mass is 897 g/mol. The normalized spacial score (nSPS) is 12.4. The van der Waals surface area contributed by atoms with Crippen LogP contribution in [0.15, 0.2) is 48.6 Å². The van der Waals surface area contributed by atoms with Gasteiger partial charge in [-0.3, -0.25) is 14.4 Å². The molecule has 6 heteroatoms. The zero-order valence-corrected chi connectivity index (χ0v) is 42.6. The summed E-state index contributed by atoms with van der Waals surface area (Å²) in [5, 5.41) is 0. The first kappa shape index (κ1) is 61.4. The van der Waals surface area contributed by atoms with Crippen molar-refractivity contribution in [1.82, 2.24) is 0 Å². The van der Waals surface area contributed by atoms with Crippen molar-refractivity contribution in [2.75, 3.05) is 13.2 Å². The van der Waals surface area contributed by atoms with E-state index in [4.69, 9.17) is 14.2 Å². The van der Waals surface area contributed by atoms with Gasteiger partial charge < -0.3 is 14.2 Å². The van der Waals surface area contributed by atoms with Gasteiger partial charge in [-0.05, 0) is 83.5 Å². The van der Waals surface area contributed by atoms with Crippen molar-refractivity contribution in [2.45, 2.75) is 290 Å². The van der Waals surface area contributed by atoms with Crippen LogP contribution < -0.4 is 0 Å². The van der Waals surface area contributed by atoms with E-state index in [9.17, 15) is 14.4 Å². The van der Waals surface area contributed by atoms with E-state index >= 15 is 0 Å². The number of carbonyl (C=O) groups is 3. The zero-order valence-electron chi connectivity index (χ0n) is 42.6. The Morgan fingerprint density at radius 2 is 0.562 bits per heavy atom. The molecule has 0 saturated carbocycles. The Hall–Kier alpha value is -2.63. The molecule has 0 spiro atoms. The third-order valence-electron chi connectivity index (χ3n) is 12.1. The van der Waals surface area contributed by atoms with Gasteiger partial charge >= 0.3 is 17.9 Å². The average Bonchev–Trinajstić information content (AvgIpc) is 3.29. The summed E-state index contributed by atoms with van der Waals surface area (Å²) in [6.45, 7) is 6.59. The molecule has 0 N–H and O–H groups in total. The van der Waals surface area contributed by atoms with Gasteiger partial charge in [-0.25, -0.2) is 0 Å². The van der Waals surface area contributed by atoms with Gasteiger partial charge in [0.2, 0.25) is 0 Å². The van der Waals surface area contributed by atoms with Crippen LogP contribution in [0.4, 0.5) is 0 Å². The van der Waals surface area contributed by atoms with Crippen LogP contribution in [0.2, 0.25) is 0 Å². The van der Waals surface area contributed by atoms with E-state index in [0.29, 0.717) is 19.3 Å². The second-order valence-corrected chi connectivity index (χ2v) is 18.5. The quantitative estimate of drug-likeness (QED) is 0.0262. The van der Waals surface area contributed by atoms with E-state index in [1.54, 1.807) is 0 Å². The number of carbonyl (C=O) groups excluding carboxylic acids is 3. The molecular formula is C58H104O6. The Bertz CT molecular complexity index is 1120. The molecule has 1 unspecified atom stereocenters. The summed E-state index contributed by atoms with van der Waals surface area (Å²) >= 11 is 0. The summed E-state index contributed by atoms with van der Waals surface area (Å²) in [4.78, 5) is 38.1. The number of allylic oxidation sites excluding steroid dienone is 8. The molecule has 0 aliphatic rings. The van der Waals surface area contributed by atoms with Gasteiger partial charge in [0.25, 0.3) is 0 Å². The first-order chi connectivity index (χ1) is 31.5. The second-order valence-electron chi connectivity index (χ2n) is 18.5. The minimum Gasteiger partial charge on any atom is -0.462 e. The minimum atomic E-state index is -0.784. The molecule has 0 rings (SSSR count). The fraction of sp³-hybridized carbons (Fsp3) is 0.810. The van der Waals surface area contributed by atoms with Crippen molar-refractivity contribution in [1.29, 1.82) is 0 Å². The molecule has 0 saturated heterocycles. The molecule has 64 heavy (non-hydrogen) atoms. The molecular weight excluding hydrogens is 793 g/mol. The van der Waals surface area contributed by atoms with Crippen LogP contribution in [0.25, 0.3) is 0 Å². The van der Waals surface area contributed by atoms with Crippen LogP contribution >= 0.6 is 0 Å². The predicted molar refractivity (Wildman–Crippen MR) is 275 cm³/mol. The van der Waals surface area contributed by atoms with E-state index in [2.05, 4.69) is 69.4 Å². The van der Waals surface area contributed by atoms with E-state index in [1.165, 1.54) is 141 Å². The van der Waals surface area contributed by atoms with Crippen LogP contribution in [0.5, 0.6) is 0 Å². The highest BCUT2D eigenvalue weighted by molar-refractivity contribution is 5.71. The van der Waals surface area contributed by atoms with Crippen LogP contribution in [-0.2, 0) is 28.6 Å². The van der Waals surface area contributed by atoms with Crippen molar-refractivity contribution in [3.63, 3.8) is 0 Å². The molecule has 0 aromatic carbocycles. The standard InChI is InChI=1S/C58H104O6/c1-4-7-10-13-16-19-22-25-28-31-33-36-39-42-45-48-51-57(60)63-54-55(64-58(61)52-49-46-43-40-37-34-30-27-24-21-18-15-12-9-6-3)53-62-56(59)50-47-44-41-38-35-32-29-26-23-20-17-14-11-8-5-2/h17-18,20-21,26-27,29-30,55H,4-16,19,22-25,28,31-54H2,1-3H3/b20-17-,21-18-,29-26-,30-27-. The lowest BCUT2D eigenvalue weighted by molar-refractivity contribution is -0.167. The highest BCUT2D eigenvalue weighted by Gasteiger charge is 2.19. The number of hydrogen-bond acceptors (Lipinski definition) is 6. The zero-order chi connectivity index (χ0) is 46.5. The molecule has 0 fully saturated rings. The van der Waals surface area contributed by atoms with Crippen LogP contribution in [-0.4, -0.2) is 37.2 Å². The first-order valence-corrected chi connectivity index (χ1v) is 27.6. The van der Waals surface area contributed by atoms with Crippen molar-refractivity contribution in [3.8, 4) is 0 Å². The maximum atomic E-state index is 12.8. The van der Waals surface area contributed by atoms with Gasteiger partial charge in [0.15, 0.2) is 6.10 Å². The highest BCUT2D eigenvalue weighted by atomic mass is 16.6. The summed E-state index contributed by atoms with van der Waals surface area (Å²) < 4.78 is 16.8. The van der Waals surface area contributed by atoms with Crippen molar-refractivity contribution in [2.24, 2.45) is 0 Å². The van der Waals surface area contributed by atoms with Crippen molar-refractivity contribution < 1.29 is 28.6 Å². The summed E-state index contributed by atoms with van der Waals surface area (Å²) in [5.74, 6) is -0.897. The van der Waals surface area contributed by atoms with E-state index in [-0.39, 0.29) is 31.1 Å². The maximum absolute atomic E-state index is 12.8. The fourth-order valence-electron chi connectivity index (χ4n) is 7.86. The molecule has 1 atom stereocenters. The predicted octanol–water partition coefficient (Wildman–Crippen LogP) is 18.3. The molecule has 0 radical (unpaired) electrons.